The number of aromatic nitrogens is 1. The fraction of sp³-hybridized carbons (Fsp3) is 0.273. The number of carbonyl (C=O) groups excluding carboxylic acids is 1. The van der Waals surface area contributed by atoms with Crippen LogP contribution in [0.4, 0.5) is 11.4 Å². The lowest BCUT2D eigenvalue weighted by Crippen LogP contribution is -2.30. The molecule has 0 saturated carbocycles. The van der Waals surface area contributed by atoms with Crippen molar-refractivity contribution in [3.05, 3.63) is 63.8 Å². The molecule has 0 atom stereocenters. The van der Waals surface area contributed by atoms with Gasteiger partial charge in [0, 0.05) is 29.5 Å². The van der Waals surface area contributed by atoms with Gasteiger partial charge in [-0.1, -0.05) is 34.4 Å². The van der Waals surface area contributed by atoms with Gasteiger partial charge in [-0.15, -0.1) is 0 Å². The fourth-order valence-corrected chi connectivity index (χ4v) is 3.89. The molecule has 1 N–H and O–H groups in total. The summed E-state index contributed by atoms with van der Waals surface area (Å²) in [6, 6.07) is 13.3. The Morgan fingerprint density at radius 2 is 1.76 bits per heavy atom. The number of nitrogens with zero attached hydrogens (tertiary/aromatic N) is 2. The number of anilines is 2. The van der Waals surface area contributed by atoms with Crippen LogP contribution in [0.15, 0.2) is 47.0 Å². The first-order valence-corrected chi connectivity index (χ1v) is 10.2. The maximum Gasteiger partial charge on any atom is 0.261 e. The van der Waals surface area contributed by atoms with Gasteiger partial charge in [0.05, 0.1) is 10.0 Å². The Balaban J connectivity index is 1.88. The van der Waals surface area contributed by atoms with E-state index in [1.165, 1.54) is 0 Å². The minimum absolute atomic E-state index is 0.307. The highest BCUT2D eigenvalue weighted by Gasteiger charge is 2.25. The summed E-state index contributed by atoms with van der Waals surface area (Å²) in [5.74, 6) is 0.0563. The Hall–Kier alpha value is -2.50. The lowest BCUT2D eigenvalue weighted by atomic mass is 10.1. The third kappa shape index (κ3) is 4.41. The first-order chi connectivity index (χ1) is 13.8. The van der Waals surface area contributed by atoms with Gasteiger partial charge in [-0.05, 0) is 64.1 Å². The Morgan fingerprint density at radius 1 is 1.14 bits per heavy atom. The van der Waals surface area contributed by atoms with Gasteiger partial charge in [-0.25, -0.2) is 0 Å². The van der Waals surface area contributed by atoms with Crippen molar-refractivity contribution < 1.29 is 9.32 Å². The molecule has 7 heteroatoms. The Bertz CT molecular complexity index is 993. The summed E-state index contributed by atoms with van der Waals surface area (Å²) in [6.07, 6.45) is 0. The van der Waals surface area contributed by atoms with E-state index in [-0.39, 0.29) is 5.91 Å². The fourth-order valence-electron chi connectivity index (χ4n) is 3.31. The average Bonchev–Trinajstić information content (AvgIpc) is 3.04. The number of nitrogens with one attached hydrogen (secondary N) is 1. The normalized spacial score (nSPS) is 11.0. The van der Waals surface area contributed by atoms with Crippen molar-refractivity contribution >= 4 is 40.5 Å². The van der Waals surface area contributed by atoms with E-state index >= 15 is 0 Å². The molecule has 152 valence electrons. The molecule has 1 amide bonds. The monoisotopic (exact) mass is 431 g/mol. The van der Waals surface area contributed by atoms with E-state index in [2.05, 4.69) is 36.1 Å². The molecule has 2 aromatic carbocycles. The number of hydrogen-bond acceptors (Lipinski definition) is 4. The molecule has 0 fully saturated rings. The molecule has 1 aromatic heterocycles. The van der Waals surface area contributed by atoms with Gasteiger partial charge < -0.3 is 14.7 Å². The number of rotatable bonds is 6. The molecule has 0 unspecified atom stereocenters. The lowest BCUT2D eigenvalue weighted by Gasteiger charge is -2.27. The van der Waals surface area contributed by atoms with Gasteiger partial charge in [0.2, 0.25) is 0 Å². The quantitative estimate of drug-likeness (QED) is 0.487. The number of benzene rings is 2. The molecule has 0 aliphatic rings. The van der Waals surface area contributed by atoms with E-state index in [0.717, 1.165) is 12.2 Å². The van der Waals surface area contributed by atoms with Gasteiger partial charge in [-0.3, -0.25) is 4.79 Å². The predicted molar refractivity (Wildman–Crippen MR) is 119 cm³/mol. The summed E-state index contributed by atoms with van der Waals surface area (Å²) in [4.78, 5) is 15.3. The molecule has 0 aliphatic carbocycles. The summed E-state index contributed by atoms with van der Waals surface area (Å²) in [5.41, 5.74) is 2.88. The maximum atomic E-state index is 13.0. The van der Waals surface area contributed by atoms with Crippen LogP contribution in [0.25, 0.3) is 11.3 Å². The van der Waals surface area contributed by atoms with Crippen LogP contribution in [0.1, 0.15) is 36.9 Å². The van der Waals surface area contributed by atoms with Crippen molar-refractivity contribution in [3.63, 3.8) is 0 Å². The largest absolute Gasteiger partial charge is 0.369 e. The number of carbonyl (C=O) groups is 1. The number of aryl methyl sites for hydroxylation is 1. The average molecular weight is 432 g/mol. The Labute approximate surface area is 180 Å². The molecule has 1 heterocycles. The van der Waals surface area contributed by atoms with Crippen LogP contribution < -0.4 is 10.2 Å². The van der Waals surface area contributed by atoms with E-state index in [9.17, 15) is 4.79 Å². The Morgan fingerprint density at radius 3 is 2.31 bits per heavy atom. The third-order valence-corrected chi connectivity index (χ3v) is 5.34. The molecule has 0 saturated heterocycles. The first-order valence-electron chi connectivity index (χ1n) is 9.42. The number of hydrogen-bond donors (Lipinski definition) is 1. The van der Waals surface area contributed by atoms with E-state index in [1.54, 1.807) is 25.1 Å². The number of halogens is 2. The van der Waals surface area contributed by atoms with Crippen LogP contribution in [0.3, 0.4) is 0 Å². The Kier molecular flexibility index (Phi) is 6.50. The standard InChI is InChI=1S/C22H23Cl2N3O2/c1-5-27(13(2)3)16-11-9-15(10-12-16)25-22(28)19-14(4)29-26-21(19)20-17(23)7-6-8-18(20)24/h6-13H,5H2,1-4H3,(H,25,28). The summed E-state index contributed by atoms with van der Waals surface area (Å²) in [6.45, 7) is 9.00. The van der Waals surface area contributed by atoms with Crippen LogP contribution in [0.5, 0.6) is 0 Å². The van der Waals surface area contributed by atoms with Crippen LogP contribution in [0.2, 0.25) is 10.0 Å². The van der Waals surface area contributed by atoms with Crippen molar-refractivity contribution in [2.75, 3.05) is 16.8 Å². The minimum Gasteiger partial charge on any atom is -0.369 e. The molecule has 0 radical (unpaired) electrons. The summed E-state index contributed by atoms with van der Waals surface area (Å²) in [5, 5.41) is 7.73. The lowest BCUT2D eigenvalue weighted by molar-refractivity contribution is 0.102. The van der Waals surface area contributed by atoms with Gasteiger partial charge in [-0.2, -0.15) is 0 Å². The van der Waals surface area contributed by atoms with Gasteiger partial charge >= 0.3 is 0 Å². The van der Waals surface area contributed by atoms with Crippen molar-refractivity contribution in [1.29, 1.82) is 0 Å². The molecule has 0 bridgehead atoms. The second-order valence-corrected chi connectivity index (χ2v) is 7.75. The van der Waals surface area contributed by atoms with Crippen LogP contribution >= 0.6 is 23.2 Å². The van der Waals surface area contributed by atoms with Crippen molar-refractivity contribution in [3.8, 4) is 11.3 Å². The third-order valence-electron chi connectivity index (χ3n) is 4.71. The van der Waals surface area contributed by atoms with Gasteiger partial charge in [0.1, 0.15) is 17.0 Å². The zero-order chi connectivity index (χ0) is 21.1. The first kappa shape index (κ1) is 21.2. The smallest absolute Gasteiger partial charge is 0.261 e. The van der Waals surface area contributed by atoms with E-state index < -0.39 is 0 Å². The molecule has 3 aromatic rings. The van der Waals surface area contributed by atoms with E-state index in [0.29, 0.717) is 44.4 Å². The molecule has 5 nitrogen and oxygen atoms in total. The molecular weight excluding hydrogens is 409 g/mol. The number of amides is 1. The van der Waals surface area contributed by atoms with Gasteiger partial charge in [0.25, 0.3) is 5.91 Å². The zero-order valence-corrected chi connectivity index (χ0v) is 18.3. The molecule has 0 aliphatic heterocycles. The maximum absolute atomic E-state index is 13.0. The highest BCUT2D eigenvalue weighted by molar-refractivity contribution is 6.39. The van der Waals surface area contributed by atoms with Crippen LogP contribution in [0, 0.1) is 6.92 Å². The molecule has 29 heavy (non-hydrogen) atoms. The predicted octanol–water partition coefficient (Wildman–Crippen LogP) is 6.44. The topological polar surface area (TPSA) is 58.4 Å². The summed E-state index contributed by atoms with van der Waals surface area (Å²) in [7, 11) is 0. The van der Waals surface area contributed by atoms with Crippen LogP contribution in [-0.4, -0.2) is 23.7 Å². The van der Waals surface area contributed by atoms with E-state index in [1.807, 2.05) is 24.3 Å². The second kappa shape index (κ2) is 8.89. The van der Waals surface area contributed by atoms with Crippen molar-refractivity contribution in [1.82, 2.24) is 5.16 Å². The van der Waals surface area contributed by atoms with E-state index in [4.69, 9.17) is 27.7 Å². The SMILES string of the molecule is CCN(c1ccc(NC(=O)c2c(-c3c(Cl)cccc3Cl)noc2C)cc1)C(C)C. The molecular formula is C22H23Cl2N3O2. The highest BCUT2D eigenvalue weighted by Crippen LogP contribution is 2.37. The highest BCUT2D eigenvalue weighted by atomic mass is 35.5. The van der Waals surface area contributed by atoms with Crippen LogP contribution in [-0.2, 0) is 0 Å². The van der Waals surface area contributed by atoms with Gasteiger partial charge in [0.15, 0.2) is 0 Å². The zero-order valence-electron chi connectivity index (χ0n) is 16.8. The summed E-state index contributed by atoms with van der Waals surface area (Å²) < 4.78 is 5.28. The second-order valence-electron chi connectivity index (χ2n) is 6.94. The minimum atomic E-state index is -0.335. The van der Waals surface area contributed by atoms with Crippen molar-refractivity contribution in [2.45, 2.75) is 33.7 Å². The molecule has 3 rings (SSSR count). The summed E-state index contributed by atoms with van der Waals surface area (Å²) >= 11 is 12.6. The van der Waals surface area contributed by atoms with Crippen molar-refractivity contribution in [2.24, 2.45) is 0 Å². The molecule has 0 spiro atoms.